The Bertz CT molecular complexity index is 873. The van der Waals surface area contributed by atoms with Crippen molar-refractivity contribution in [1.82, 2.24) is 0 Å². The highest BCUT2D eigenvalue weighted by Crippen LogP contribution is 2.36. The predicted octanol–water partition coefficient (Wildman–Crippen LogP) is -3.85. The van der Waals surface area contributed by atoms with E-state index < -0.39 is 92.8 Å². The molecule has 0 aromatic rings. The van der Waals surface area contributed by atoms with Crippen LogP contribution in [-0.2, 0) is 33.2 Å². The van der Waals surface area contributed by atoms with Crippen LogP contribution in [0.3, 0.4) is 0 Å². The number of hydrogen-bond donors (Lipinski definition) is 7. The molecule has 0 aromatic heterocycles. The first-order chi connectivity index (χ1) is 17.2. The normalized spacial score (nSPS) is 45.0. The number of carbonyl (C=O) groups is 1. The van der Waals surface area contributed by atoms with Gasteiger partial charge in [0.15, 0.2) is 12.6 Å². The molecule has 0 aromatic carbocycles. The van der Waals surface area contributed by atoms with Crippen molar-refractivity contribution in [3.8, 4) is 0 Å². The van der Waals surface area contributed by atoms with E-state index in [1.54, 1.807) is 6.08 Å². The Morgan fingerprint density at radius 2 is 1.56 bits per heavy atom. The van der Waals surface area contributed by atoms with Crippen molar-refractivity contribution < 1.29 is 69.0 Å². The molecular formula is C22H30O14. The van der Waals surface area contributed by atoms with Crippen molar-refractivity contribution in [2.24, 2.45) is 5.92 Å². The maximum absolute atomic E-state index is 12.0. The lowest BCUT2D eigenvalue weighted by Gasteiger charge is -2.44. The van der Waals surface area contributed by atoms with Crippen molar-refractivity contribution in [2.45, 2.75) is 67.7 Å². The highest BCUT2D eigenvalue weighted by molar-refractivity contribution is 5.94. The first-order valence-corrected chi connectivity index (χ1v) is 11.3. The molecule has 14 heteroatoms. The fourth-order valence-electron chi connectivity index (χ4n) is 4.36. The zero-order chi connectivity index (χ0) is 26.1. The summed E-state index contributed by atoms with van der Waals surface area (Å²) in [5.41, 5.74) is 0.739. The van der Waals surface area contributed by atoms with Crippen LogP contribution in [0.4, 0.5) is 0 Å². The quantitative estimate of drug-likeness (QED) is 0.127. The molecule has 4 aliphatic rings. The van der Waals surface area contributed by atoms with Gasteiger partial charge in [0.1, 0.15) is 61.7 Å². The number of cyclic esters (lactones) is 1. The first kappa shape index (κ1) is 27.1. The SMILES string of the molecule is C=C[C@@H]1C2=CCOC(=O)C2=COC1OC1O[C@H](COC2OC(CO)[C@@H](O)C(O)[C@H]2O)C(O)[C@H](O)C1O. The van der Waals surface area contributed by atoms with Crippen molar-refractivity contribution in [3.63, 3.8) is 0 Å². The van der Waals surface area contributed by atoms with Crippen LogP contribution in [0, 0.1) is 5.92 Å². The molecule has 0 saturated carbocycles. The van der Waals surface area contributed by atoms with Crippen LogP contribution in [0.2, 0.25) is 0 Å². The molecule has 2 saturated heterocycles. The Kier molecular flexibility index (Phi) is 8.43. The fraction of sp³-hybridized carbons (Fsp3) is 0.682. The molecule has 14 nitrogen and oxygen atoms in total. The molecule has 0 amide bonds. The van der Waals surface area contributed by atoms with E-state index in [2.05, 4.69) is 6.58 Å². The van der Waals surface area contributed by atoms with E-state index in [-0.39, 0.29) is 12.2 Å². The average Bonchev–Trinajstić information content (AvgIpc) is 2.87. The van der Waals surface area contributed by atoms with E-state index in [9.17, 15) is 40.5 Å². The summed E-state index contributed by atoms with van der Waals surface area (Å²) < 4.78 is 32.4. The van der Waals surface area contributed by atoms with Crippen LogP contribution in [0.25, 0.3) is 0 Å². The van der Waals surface area contributed by atoms with Gasteiger partial charge < -0.3 is 64.2 Å². The summed E-state index contributed by atoms with van der Waals surface area (Å²) in [5.74, 6) is -1.22. The van der Waals surface area contributed by atoms with Gasteiger partial charge in [-0.05, 0) is 11.6 Å². The first-order valence-electron chi connectivity index (χ1n) is 11.3. The summed E-state index contributed by atoms with van der Waals surface area (Å²) in [6, 6.07) is 0. The highest BCUT2D eigenvalue weighted by Gasteiger charge is 2.49. The van der Waals surface area contributed by atoms with Gasteiger partial charge in [-0.15, -0.1) is 6.58 Å². The van der Waals surface area contributed by atoms with Gasteiger partial charge in [-0.3, -0.25) is 0 Å². The molecule has 202 valence electrons. The summed E-state index contributed by atoms with van der Waals surface area (Å²) in [6.07, 6.45) is -12.4. The number of aliphatic hydroxyl groups excluding tert-OH is 7. The van der Waals surface area contributed by atoms with Crippen molar-refractivity contribution >= 4 is 5.97 Å². The minimum atomic E-state index is -1.73. The van der Waals surface area contributed by atoms with Gasteiger partial charge in [0, 0.05) is 0 Å². The molecule has 4 rings (SSSR count). The van der Waals surface area contributed by atoms with E-state index in [4.69, 9.17) is 28.4 Å². The molecule has 36 heavy (non-hydrogen) atoms. The van der Waals surface area contributed by atoms with E-state index in [0.717, 1.165) is 6.26 Å². The summed E-state index contributed by atoms with van der Waals surface area (Å²) in [6.45, 7) is 2.61. The van der Waals surface area contributed by atoms with E-state index in [1.165, 1.54) is 6.08 Å². The summed E-state index contributed by atoms with van der Waals surface area (Å²) >= 11 is 0. The molecule has 0 aliphatic carbocycles. The lowest BCUT2D eigenvalue weighted by atomic mass is 9.89. The van der Waals surface area contributed by atoms with Crippen molar-refractivity contribution in [2.75, 3.05) is 19.8 Å². The van der Waals surface area contributed by atoms with Crippen molar-refractivity contribution in [3.05, 3.63) is 36.1 Å². The Morgan fingerprint density at radius 3 is 2.22 bits per heavy atom. The second-order valence-corrected chi connectivity index (χ2v) is 8.74. The molecular weight excluding hydrogens is 488 g/mol. The van der Waals surface area contributed by atoms with Crippen LogP contribution in [0.15, 0.2) is 36.1 Å². The summed E-state index contributed by atoms with van der Waals surface area (Å²) in [7, 11) is 0. The lowest BCUT2D eigenvalue weighted by Crippen LogP contribution is -2.62. The molecule has 7 N–H and O–H groups in total. The molecule has 0 spiro atoms. The van der Waals surface area contributed by atoms with E-state index in [1.807, 2.05) is 0 Å². The number of ether oxygens (including phenoxy) is 6. The maximum Gasteiger partial charge on any atom is 0.341 e. The van der Waals surface area contributed by atoms with Crippen LogP contribution in [-0.4, -0.2) is 129 Å². The van der Waals surface area contributed by atoms with Crippen LogP contribution < -0.4 is 0 Å². The number of carbonyl (C=O) groups excluding carboxylic acids is 1. The summed E-state index contributed by atoms with van der Waals surface area (Å²) in [5, 5.41) is 70.4. The highest BCUT2D eigenvalue weighted by atomic mass is 16.8. The van der Waals surface area contributed by atoms with Gasteiger partial charge in [-0.2, -0.15) is 0 Å². The molecule has 4 heterocycles. The zero-order valence-corrected chi connectivity index (χ0v) is 19.0. The van der Waals surface area contributed by atoms with Gasteiger partial charge in [0.25, 0.3) is 0 Å². The van der Waals surface area contributed by atoms with Crippen LogP contribution >= 0.6 is 0 Å². The average molecular weight is 518 g/mol. The molecule has 0 radical (unpaired) electrons. The Labute approximate surface area is 205 Å². The smallest absolute Gasteiger partial charge is 0.341 e. The number of hydrogen-bond acceptors (Lipinski definition) is 14. The van der Waals surface area contributed by atoms with Crippen molar-refractivity contribution in [1.29, 1.82) is 0 Å². The number of aliphatic hydroxyl groups is 7. The van der Waals surface area contributed by atoms with Gasteiger partial charge in [0.2, 0.25) is 6.29 Å². The number of rotatable bonds is 7. The van der Waals surface area contributed by atoms with Gasteiger partial charge in [-0.1, -0.05) is 6.08 Å². The lowest BCUT2D eigenvalue weighted by molar-refractivity contribution is -0.349. The van der Waals surface area contributed by atoms with Gasteiger partial charge in [-0.25, -0.2) is 4.79 Å². The molecule has 2 fully saturated rings. The Hall–Kier alpha value is -1.95. The Balaban J connectivity index is 1.43. The van der Waals surface area contributed by atoms with Crippen LogP contribution in [0.1, 0.15) is 0 Å². The summed E-state index contributed by atoms with van der Waals surface area (Å²) in [4.78, 5) is 12.0. The largest absolute Gasteiger partial charge is 0.471 e. The van der Waals surface area contributed by atoms with Crippen LogP contribution in [0.5, 0.6) is 0 Å². The van der Waals surface area contributed by atoms with E-state index >= 15 is 0 Å². The zero-order valence-electron chi connectivity index (χ0n) is 19.0. The number of esters is 1. The monoisotopic (exact) mass is 518 g/mol. The third-order valence-electron chi connectivity index (χ3n) is 6.48. The van der Waals surface area contributed by atoms with E-state index in [0.29, 0.717) is 5.57 Å². The van der Waals surface area contributed by atoms with Gasteiger partial charge >= 0.3 is 5.97 Å². The standard InChI is InChI=1S/C22H30O14/c1-2-8-9-3-4-31-19(30)10(9)6-32-20(8)36-22-18(29)16(27)14(25)12(35-22)7-33-21-17(28)15(26)13(24)11(5-23)34-21/h2-3,6,8,11-18,20-29H,1,4-5,7H2/t8-,11?,12-,13-,14?,15?,16+,17-,18?,20?,21?,22?/m1/s1. The maximum atomic E-state index is 12.0. The predicted molar refractivity (Wildman–Crippen MR) is 113 cm³/mol. The molecule has 7 unspecified atom stereocenters. The topological polar surface area (TPSA) is 214 Å². The second kappa shape index (κ2) is 11.2. The molecule has 12 atom stereocenters. The minimum Gasteiger partial charge on any atom is -0.471 e. The third kappa shape index (κ3) is 5.07. The fourth-order valence-corrected chi connectivity index (χ4v) is 4.36. The van der Waals surface area contributed by atoms with Gasteiger partial charge in [0.05, 0.1) is 24.7 Å². The Morgan fingerprint density at radius 1 is 0.917 bits per heavy atom. The molecule has 4 aliphatic heterocycles. The number of fused-ring (bicyclic) bond motifs is 1. The third-order valence-corrected chi connectivity index (χ3v) is 6.48. The molecule has 0 bridgehead atoms. The minimum absolute atomic E-state index is 0.0490. The second-order valence-electron chi connectivity index (χ2n) is 8.74.